The summed E-state index contributed by atoms with van der Waals surface area (Å²) in [7, 11) is 0. The second-order valence-corrected chi connectivity index (χ2v) is 2.23. The monoisotopic (exact) mass is 186 g/mol. The second kappa shape index (κ2) is 10.2. The van der Waals surface area contributed by atoms with E-state index in [-0.39, 0.29) is 9.41 Å². The molecule has 0 saturated carbocycles. The molecule has 0 aliphatic rings. The van der Waals surface area contributed by atoms with Gasteiger partial charge >= 0.3 is 5.97 Å². The van der Waals surface area contributed by atoms with E-state index in [1.165, 1.54) is 0 Å². The lowest BCUT2D eigenvalue weighted by atomic mass is 10.1. The third kappa shape index (κ3) is 9.25. The van der Waals surface area contributed by atoms with Crippen molar-refractivity contribution in [2.24, 2.45) is 11.5 Å². The van der Waals surface area contributed by atoms with Gasteiger partial charge in [-0.1, -0.05) is 6.42 Å². The molecule has 4 nitrogen and oxygen atoms in total. The smallest absolute Gasteiger partial charge is 0.320 e. The Bertz CT molecular complexity index is 114. The molecule has 1 unspecified atom stereocenters. The van der Waals surface area contributed by atoms with Gasteiger partial charge in [0.05, 0.1) is 0 Å². The van der Waals surface area contributed by atoms with Gasteiger partial charge in [-0.2, -0.15) is 0 Å². The zero-order valence-electron chi connectivity index (χ0n) is 6.73. The maximum Gasteiger partial charge on any atom is 0.320 e. The Balaban J connectivity index is -0.000000405. The van der Waals surface area contributed by atoms with Crippen LogP contribution in [-0.2, 0) is 4.79 Å². The molecule has 0 aliphatic heterocycles. The first-order valence-corrected chi connectivity index (χ1v) is 3.37. The Morgan fingerprint density at radius 2 is 1.83 bits per heavy atom. The van der Waals surface area contributed by atoms with Gasteiger partial charge in [-0.15, -0.1) is 0 Å². The van der Waals surface area contributed by atoms with Crippen molar-refractivity contribution in [2.45, 2.75) is 25.3 Å². The third-order valence-electron chi connectivity index (χ3n) is 1.29. The average Bonchev–Trinajstić information content (AvgIpc) is 1.88. The van der Waals surface area contributed by atoms with Gasteiger partial charge in [0, 0.05) is 0 Å². The van der Waals surface area contributed by atoms with Crippen LogP contribution in [0.5, 0.6) is 0 Å². The summed E-state index contributed by atoms with van der Waals surface area (Å²) in [6.45, 7) is 0.604. The SMILES string of the molecule is F.F.NCCCCC(N)C(=O)O. The van der Waals surface area contributed by atoms with Crippen LogP contribution >= 0.6 is 0 Å². The minimum Gasteiger partial charge on any atom is -0.480 e. The van der Waals surface area contributed by atoms with Gasteiger partial charge in [0.1, 0.15) is 6.04 Å². The molecule has 0 aromatic rings. The molecule has 1 atom stereocenters. The average molecular weight is 186 g/mol. The van der Waals surface area contributed by atoms with Crippen LogP contribution in [0.15, 0.2) is 0 Å². The lowest BCUT2D eigenvalue weighted by molar-refractivity contribution is -0.138. The first-order valence-electron chi connectivity index (χ1n) is 3.37. The molecule has 0 radical (unpaired) electrons. The summed E-state index contributed by atoms with van der Waals surface area (Å²) in [4.78, 5) is 10.1. The van der Waals surface area contributed by atoms with Crippen molar-refractivity contribution in [1.29, 1.82) is 0 Å². The van der Waals surface area contributed by atoms with Crippen LogP contribution in [-0.4, -0.2) is 23.7 Å². The van der Waals surface area contributed by atoms with Gasteiger partial charge in [-0.05, 0) is 19.4 Å². The zero-order chi connectivity index (χ0) is 7.98. The minimum atomic E-state index is -0.933. The molecule has 0 saturated heterocycles. The Hall–Kier alpha value is -0.750. The summed E-state index contributed by atoms with van der Waals surface area (Å²) in [5.41, 5.74) is 10.4. The van der Waals surface area contributed by atoms with E-state index in [4.69, 9.17) is 16.6 Å². The molecular formula is C6H16F2N2O2. The summed E-state index contributed by atoms with van der Waals surface area (Å²) in [6, 6.07) is -0.716. The van der Waals surface area contributed by atoms with Gasteiger partial charge in [-0.25, -0.2) is 0 Å². The predicted molar refractivity (Wildman–Crippen MR) is 43.5 cm³/mol. The van der Waals surface area contributed by atoms with Gasteiger partial charge < -0.3 is 16.6 Å². The quantitative estimate of drug-likeness (QED) is 0.520. The van der Waals surface area contributed by atoms with Gasteiger partial charge in [0.2, 0.25) is 0 Å². The van der Waals surface area contributed by atoms with Crippen LogP contribution in [0.25, 0.3) is 0 Å². The number of carboxylic acid groups (broad SMARTS) is 1. The number of halogens is 2. The van der Waals surface area contributed by atoms with Crippen molar-refractivity contribution >= 4 is 5.97 Å². The van der Waals surface area contributed by atoms with Crippen molar-refractivity contribution in [3.63, 3.8) is 0 Å². The molecule has 0 aromatic carbocycles. The number of carbonyl (C=O) groups is 1. The molecule has 5 N–H and O–H groups in total. The molecule has 0 fully saturated rings. The number of hydrogen-bond acceptors (Lipinski definition) is 3. The van der Waals surface area contributed by atoms with Crippen molar-refractivity contribution in [3.8, 4) is 0 Å². The van der Waals surface area contributed by atoms with E-state index >= 15 is 0 Å². The van der Waals surface area contributed by atoms with Crippen molar-refractivity contribution in [2.75, 3.05) is 6.54 Å². The Morgan fingerprint density at radius 3 is 2.17 bits per heavy atom. The first kappa shape index (κ1) is 17.4. The highest BCUT2D eigenvalue weighted by molar-refractivity contribution is 5.72. The Kier molecular flexibility index (Phi) is 14.8. The number of aliphatic carboxylic acids is 1. The highest BCUT2D eigenvalue weighted by atomic mass is 19.0. The molecule has 0 amide bonds. The van der Waals surface area contributed by atoms with E-state index < -0.39 is 12.0 Å². The molecule has 6 heteroatoms. The lowest BCUT2D eigenvalue weighted by Crippen LogP contribution is -2.29. The molecule has 0 aromatic heterocycles. The van der Waals surface area contributed by atoms with Crippen LogP contribution in [0.4, 0.5) is 9.41 Å². The maximum atomic E-state index is 10.1. The summed E-state index contributed by atoms with van der Waals surface area (Å²) in [6.07, 6.45) is 2.16. The van der Waals surface area contributed by atoms with Gasteiger partial charge in [0.15, 0.2) is 0 Å². The van der Waals surface area contributed by atoms with Crippen LogP contribution in [0.1, 0.15) is 19.3 Å². The van der Waals surface area contributed by atoms with E-state index in [1.807, 2.05) is 0 Å². The third-order valence-corrected chi connectivity index (χ3v) is 1.29. The normalized spacial score (nSPS) is 10.8. The van der Waals surface area contributed by atoms with Crippen molar-refractivity contribution < 1.29 is 19.3 Å². The Labute approximate surface area is 69.7 Å². The highest BCUT2D eigenvalue weighted by Crippen LogP contribution is 1.96. The fraction of sp³-hybridized carbons (Fsp3) is 0.833. The summed E-state index contributed by atoms with van der Waals surface area (Å²) < 4.78 is 0. The molecule has 76 valence electrons. The van der Waals surface area contributed by atoms with Crippen LogP contribution in [0.2, 0.25) is 0 Å². The zero-order valence-corrected chi connectivity index (χ0v) is 6.73. The largest absolute Gasteiger partial charge is 0.480 e. The molecule has 0 rings (SSSR count). The molecule has 0 aliphatic carbocycles. The molecule has 0 spiro atoms. The number of carboxylic acids is 1. The molecule has 0 heterocycles. The van der Waals surface area contributed by atoms with Gasteiger partial charge in [-0.3, -0.25) is 14.2 Å². The van der Waals surface area contributed by atoms with E-state index in [2.05, 4.69) is 0 Å². The fourth-order valence-electron chi connectivity index (χ4n) is 0.632. The molecule has 12 heavy (non-hydrogen) atoms. The number of unbranched alkanes of at least 4 members (excludes halogenated alkanes) is 1. The first-order chi connectivity index (χ1) is 4.68. The molecular weight excluding hydrogens is 170 g/mol. The van der Waals surface area contributed by atoms with Crippen LogP contribution < -0.4 is 11.5 Å². The lowest BCUT2D eigenvalue weighted by Gasteiger charge is -2.03. The van der Waals surface area contributed by atoms with E-state index in [0.29, 0.717) is 13.0 Å². The van der Waals surface area contributed by atoms with Crippen LogP contribution in [0.3, 0.4) is 0 Å². The van der Waals surface area contributed by atoms with Gasteiger partial charge in [0.25, 0.3) is 0 Å². The second-order valence-electron chi connectivity index (χ2n) is 2.23. The summed E-state index contributed by atoms with van der Waals surface area (Å²) in [5.74, 6) is -0.933. The minimum absolute atomic E-state index is 0. The van der Waals surface area contributed by atoms with Crippen molar-refractivity contribution in [1.82, 2.24) is 0 Å². The maximum absolute atomic E-state index is 10.1. The van der Waals surface area contributed by atoms with E-state index in [0.717, 1.165) is 12.8 Å². The highest BCUT2D eigenvalue weighted by Gasteiger charge is 2.09. The standard InChI is InChI=1S/C6H14N2O2.2FH/c7-4-2-1-3-5(8)6(9)10;;/h5H,1-4,7-8H2,(H,9,10);2*1H. The predicted octanol–water partition coefficient (Wildman–Crippen LogP) is -0.168. The van der Waals surface area contributed by atoms with Crippen LogP contribution in [0, 0.1) is 0 Å². The topological polar surface area (TPSA) is 89.3 Å². The number of nitrogens with two attached hydrogens (primary N) is 2. The molecule has 0 bridgehead atoms. The van der Waals surface area contributed by atoms with E-state index in [9.17, 15) is 4.79 Å². The van der Waals surface area contributed by atoms with Crippen molar-refractivity contribution in [3.05, 3.63) is 0 Å². The number of hydrogen-bond donors (Lipinski definition) is 3. The fourth-order valence-corrected chi connectivity index (χ4v) is 0.632. The van der Waals surface area contributed by atoms with E-state index in [1.54, 1.807) is 0 Å². The summed E-state index contributed by atoms with van der Waals surface area (Å²) >= 11 is 0. The number of rotatable bonds is 5. The summed E-state index contributed by atoms with van der Waals surface area (Å²) in [5, 5.41) is 8.33. The Morgan fingerprint density at radius 1 is 1.33 bits per heavy atom.